The van der Waals surface area contributed by atoms with Crippen molar-refractivity contribution in [2.45, 2.75) is 0 Å². The second-order valence-electron chi connectivity index (χ2n) is 5.37. The monoisotopic (exact) mass is 365 g/mol. The molecule has 3 rings (SSSR count). The van der Waals surface area contributed by atoms with Crippen molar-refractivity contribution in [3.8, 4) is 0 Å². The van der Waals surface area contributed by atoms with Crippen LogP contribution in [-0.2, 0) is 4.84 Å². The fourth-order valence-corrected chi connectivity index (χ4v) is 2.28. The number of non-ortho nitro benzene ring substituents is 1. The molecule has 0 fully saturated rings. The molecule has 2 aromatic carbocycles. The lowest BCUT2D eigenvalue weighted by molar-refractivity contribution is -0.384. The van der Waals surface area contributed by atoms with Crippen LogP contribution in [0, 0.1) is 15.9 Å². The molecule has 134 valence electrons. The number of pyridine rings is 1. The molecule has 0 atom stereocenters. The summed E-state index contributed by atoms with van der Waals surface area (Å²) in [5.41, 5.74) is 1.29. The number of carbonyl (C=O) groups excluding carboxylic acids is 1. The zero-order chi connectivity index (χ0) is 19.2. The van der Waals surface area contributed by atoms with Gasteiger partial charge in [0.2, 0.25) is 0 Å². The maximum Gasteiger partial charge on any atom is 0.365 e. The van der Waals surface area contributed by atoms with Gasteiger partial charge in [0.25, 0.3) is 5.69 Å². The van der Waals surface area contributed by atoms with E-state index in [1.807, 2.05) is 0 Å². The Morgan fingerprint density at radius 3 is 2.30 bits per heavy atom. The topological polar surface area (TPSA) is 94.7 Å². The van der Waals surface area contributed by atoms with Crippen molar-refractivity contribution in [3.05, 3.63) is 106 Å². The van der Waals surface area contributed by atoms with E-state index >= 15 is 0 Å². The van der Waals surface area contributed by atoms with Crippen molar-refractivity contribution in [1.29, 1.82) is 0 Å². The van der Waals surface area contributed by atoms with E-state index in [9.17, 15) is 19.3 Å². The SMILES string of the molecule is O=C(ON=C(c1ccncc1)c1ccc([N+](=O)[O-])cc1)c1cccc(F)c1. The summed E-state index contributed by atoms with van der Waals surface area (Å²) in [6.45, 7) is 0. The standard InChI is InChI=1S/C19H12FN3O4/c20-16-3-1-2-15(12-16)19(24)27-22-18(14-8-10-21-11-9-14)13-4-6-17(7-5-13)23(25)26/h1-12H. The van der Waals surface area contributed by atoms with Gasteiger partial charge in [0, 0.05) is 35.7 Å². The first kappa shape index (κ1) is 17.9. The van der Waals surface area contributed by atoms with E-state index in [1.165, 1.54) is 54.9 Å². The molecule has 1 heterocycles. The molecule has 0 radical (unpaired) electrons. The van der Waals surface area contributed by atoms with Crippen molar-refractivity contribution in [2.24, 2.45) is 5.16 Å². The number of aromatic nitrogens is 1. The number of nitro benzene ring substituents is 1. The van der Waals surface area contributed by atoms with Gasteiger partial charge in [0.05, 0.1) is 10.5 Å². The zero-order valence-corrected chi connectivity index (χ0v) is 13.8. The number of oxime groups is 1. The number of hydrogen-bond acceptors (Lipinski definition) is 6. The first-order valence-corrected chi connectivity index (χ1v) is 7.75. The van der Waals surface area contributed by atoms with Crippen LogP contribution in [0.1, 0.15) is 21.5 Å². The number of halogens is 1. The molecule has 0 spiro atoms. The molecule has 8 heteroatoms. The largest absolute Gasteiger partial charge is 0.365 e. The van der Waals surface area contributed by atoms with Gasteiger partial charge in [-0.3, -0.25) is 15.1 Å². The molecule has 0 aliphatic carbocycles. The molecule has 0 amide bonds. The molecular weight excluding hydrogens is 353 g/mol. The van der Waals surface area contributed by atoms with Crippen LogP contribution < -0.4 is 0 Å². The molecule has 0 unspecified atom stereocenters. The van der Waals surface area contributed by atoms with Crippen LogP contribution >= 0.6 is 0 Å². The Hall–Kier alpha value is -3.94. The smallest absolute Gasteiger partial charge is 0.312 e. The summed E-state index contributed by atoms with van der Waals surface area (Å²) >= 11 is 0. The lowest BCUT2D eigenvalue weighted by atomic mass is 10.0. The minimum atomic E-state index is -0.831. The molecule has 0 saturated carbocycles. The van der Waals surface area contributed by atoms with Crippen molar-refractivity contribution in [2.75, 3.05) is 0 Å². The first-order chi connectivity index (χ1) is 13.0. The van der Waals surface area contributed by atoms with Crippen LogP contribution in [0.5, 0.6) is 0 Å². The fourth-order valence-electron chi connectivity index (χ4n) is 2.28. The molecular formula is C19H12FN3O4. The van der Waals surface area contributed by atoms with Gasteiger partial charge in [0.15, 0.2) is 0 Å². The van der Waals surface area contributed by atoms with Crippen molar-refractivity contribution in [1.82, 2.24) is 4.98 Å². The van der Waals surface area contributed by atoms with E-state index in [4.69, 9.17) is 4.84 Å². The number of benzene rings is 2. The Bertz CT molecular complexity index is 1000. The maximum absolute atomic E-state index is 13.3. The molecule has 7 nitrogen and oxygen atoms in total. The summed E-state index contributed by atoms with van der Waals surface area (Å²) in [7, 11) is 0. The van der Waals surface area contributed by atoms with Crippen LogP contribution in [0.3, 0.4) is 0 Å². The number of carbonyl (C=O) groups is 1. The van der Waals surface area contributed by atoms with Gasteiger partial charge in [0.1, 0.15) is 11.5 Å². The summed E-state index contributed by atoms with van der Waals surface area (Å²) in [6.07, 6.45) is 3.06. The highest BCUT2D eigenvalue weighted by Crippen LogP contribution is 2.16. The van der Waals surface area contributed by atoms with Gasteiger partial charge in [-0.15, -0.1) is 0 Å². The molecule has 3 aromatic rings. The highest BCUT2D eigenvalue weighted by Gasteiger charge is 2.13. The molecule has 0 bridgehead atoms. The van der Waals surface area contributed by atoms with Crippen LogP contribution in [0.25, 0.3) is 0 Å². The van der Waals surface area contributed by atoms with Gasteiger partial charge < -0.3 is 4.84 Å². The van der Waals surface area contributed by atoms with E-state index in [0.29, 0.717) is 11.1 Å². The summed E-state index contributed by atoms with van der Waals surface area (Å²) in [6, 6.07) is 14.0. The highest BCUT2D eigenvalue weighted by atomic mass is 19.1. The van der Waals surface area contributed by atoms with Crippen LogP contribution in [-0.4, -0.2) is 21.6 Å². The van der Waals surface area contributed by atoms with Crippen LogP contribution in [0.15, 0.2) is 78.2 Å². The third-order valence-corrected chi connectivity index (χ3v) is 3.59. The third kappa shape index (κ3) is 4.37. The minimum absolute atomic E-state index is 0.0107. The Balaban J connectivity index is 1.93. The second-order valence-corrected chi connectivity index (χ2v) is 5.37. The van der Waals surface area contributed by atoms with E-state index in [-0.39, 0.29) is 17.0 Å². The lowest BCUT2D eigenvalue weighted by Gasteiger charge is -2.07. The van der Waals surface area contributed by atoms with Gasteiger partial charge >= 0.3 is 5.97 Å². The zero-order valence-electron chi connectivity index (χ0n) is 13.8. The summed E-state index contributed by atoms with van der Waals surface area (Å²) in [4.78, 5) is 31.3. The molecule has 27 heavy (non-hydrogen) atoms. The van der Waals surface area contributed by atoms with Gasteiger partial charge in [-0.2, -0.15) is 0 Å². The Labute approximate surface area is 152 Å². The maximum atomic E-state index is 13.3. The quantitative estimate of drug-likeness (QED) is 0.297. The third-order valence-electron chi connectivity index (χ3n) is 3.59. The predicted molar refractivity (Wildman–Crippen MR) is 94.8 cm³/mol. The van der Waals surface area contributed by atoms with Crippen LogP contribution in [0.2, 0.25) is 0 Å². The number of hydrogen-bond donors (Lipinski definition) is 0. The number of nitrogens with zero attached hydrogens (tertiary/aromatic N) is 3. The van der Waals surface area contributed by atoms with Crippen LogP contribution in [0.4, 0.5) is 10.1 Å². The van der Waals surface area contributed by atoms with E-state index in [2.05, 4.69) is 10.1 Å². The first-order valence-electron chi connectivity index (χ1n) is 7.75. The average molecular weight is 365 g/mol. The van der Waals surface area contributed by atoms with Crippen molar-refractivity contribution >= 4 is 17.4 Å². The molecule has 1 aromatic heterocycles. The Morgan fingerprint density at radius 1 is 1.00 bits per heavy atom. The summed E-state index contributed by atoms with van der Waals surface area (Å²) in [5.74, 6) is -1.40. The molecule has 0 aliphatic rings. The van der Waals surface area contributed by atoms with Crippen molar-refractivity contribution < 1.29 is 18.9 Å². The predicted octanol–water partition coefficient (Wildman–Crippen LogP) is 3.74. The Morgan fingerprint density at radius 2 is 1.67 bits per heavy atom. The van der Waals surface area contributed by atoms with Gasteiger partial charge in [-0.05, 0) is 42.5 Å². The Kier molecular flexibility index (Phi) is 5.27. The number of nitro groups is 1. The fraction of sp³-hybridized carbons (Fsp3) is 0. The second kappa shape index (κ2) is 7.96. The molecule has 0 saturated heterocycles. The molecule has 0 aliphatic heterocycles. The van der Waals surface area contributed by atoms with Crippen molar-refractivity contribution in [3.63, 3.8) is 0 Å². The lowest BCUT2D eigenvalue weighted by Crippen LogP contribution is -2.08. The van der Waals surface area contributed by atoms with E-state index in [1.54, 1.807) is 12.1 Å². The molecule has 0 N–H and O–H groups in total. The van der Waals surface area contributed by atoms with E-state index in [0.717, 1.165) is 6.07 Å². The average Bonchev–Trinajstić information content (AvgIpc) is 2.69. The van der Waals surface area contributed by atoms with E-state index < -0.39 is 16.7 Å². The highest BCUT2D eigenvalue weighted by molar-refractivity contribution is 6.12. The normalized spacial score (nSPS) is 11.1. The summed E-state index contributed by atoms with van der Waals surface area (Å²) in [5, 5.41) is 14.7. The number of rotatable bonds is 5. The van der Waals surface area contributed by atoms with Gasteiger partial charge in [-0.25, -0.2) is 9.18 Å². The summed E-state index contributed by atoms with van der Waals surface area (Å²) < 4.78 is 13.3. The minimum Gasteiger partial charge on any atom is -0.312 e. The van der Waals surface area contributed by atoms with Gasteiger partial charge in [-0.1, -0.05) is 11.2 Å².